The maximum absolute atomic E-state index is 11.3. The van der Waals surface area contributed by atoms with Gasteiger partial charge in [-0.05, 0) is 24.6 Å². The van der Waals surface area contributed by atoms with Crippen LogP contribution >= 0.6 is 0 Å². The molecule has 17 heavy (non-hydrogen) atoms. The average Bonchev–Trinajstić information content (AvgIpc) is 2.35. The van der Waals surface area contributed by atoms with Crippen molar-refractivity contribution in [2.45, 2.75) is 6.92 Å². The Kier molecular flexibility index (Phi) is 5.43. The van der Waals surface area contributed by atoms with Crippen LogP contribution in [0.5, 0.6) is 0 Å². The second-order valence-corrected chi connectivity index (χ2v) is 3.14. The quantitative estimate of drug-likeness (QED) is 0.603. The number of carbonyl (C=O) groups is 2. The van der Waals surface area contributed by atoms with Crippen LogP contribution in [0.4, 0.5) is 0 Å². The van der Waals surface area contributed by atoms with Gasteiger partial charge in [0.25, 0.3) is 0 Å². The number of carbonyl (C=O) groups excluding carboxylic acids is 2. The van der Waals surface area contributed by atoms with E-state index >= 15 is 0 Å². The molecular weight excluding hydrogens is 220 g/mol. The molecule has 0 fully saturated rings. The van der Waals surface area contributed by atoms with Crippen LogP contribution in [0.3, 0.4) is 0 Å². The molecule has 1 aromatic heterocycles. The van der Waals surface area contributed by atoms with E-state index in [1.54, 1.807) is 31.5 Å². The summed E-state index contributed by atoms with van der Waals surface area (Å²) in [7, 11) is 0. The number of hydrogen-bond acceptors (Lipinski definition) is 4. The number of hydrogen-bond donors (Lipinski definition) is 1. The summed E-state index contributed by atoms with van der Waals surface area (Å²) in [6, 6.07) is 3.60. The normalized spacial score (nSPS) is 10.2. The van der Waals surface area contributed by atoms with Crippen LogP contribution in [0, 0.1) is 0 Å². The fourth-order valence-corrected chi connectivity index (χ4v) is 1.08. The minimum atomic E-state index is -0.448. The molecule has 1 heterocycles. The lowest BCUT2D eigenvalue weighted by molar-refractivity contribution is -0.143. The van der Waals surface area contributed by atoms with E-state index < -0.39 is 5.97 Å². The van der Waals surface area contributed by atoms with Gasteiger partial charge in [0.05, 0.1) is 6.61 Å². The number of ether oxygens (including phenoxy) is 1. The maximum Gasteiger partial charge on any atom is 0.325 e. The highest BCUT2D eigenvalue weighted by molar-refractivity contribution is 5.93. The molecule has 0 aliphatic rings. The molecule has 1 rings (SSSR count). The van der Waals surface area contributed by atoms with Crippen molar-refractivity contribution in [1.82, 2.24) is 10.3 Å². The van der Waals surface area contributed by atoms with Gasteiger partial charge in [0.1, 0.15) is 6.54 Å². The molecular formula is C12H14N2O3. The third kappa shape index (κ3) is 5.46. The molecule has 0 unspecified atom stereocenters. The van der Waals surface area contributed by atoms with Crippen LogP contribution < -0.4 is 5.32 Å². The topological polar surface area (TPSA) is 68.3 Å². The zero-order valence-corrected chi connectivity index (χ0v) is 9.55. The SMILES string of the molecule is CCOC(=O)CNC(=O)C=Cc1cccnc1. The molecule has 90 valence electrons. The van der Waals surface area contributed by atoms with Crippen molar-refractivity contribution in [3.05, 3.63) is 36.2 Å². The zero-order valence-electron chi connectivity index (χ0n) is 9.55. The minimum Gasteiger partial charge on any atom is -0.465 e. The number of pyridine rings is 1. The van der Waals surface area contributed by atoms with Gasteiger partial charge in [-0.25, -0.2) is 0 Å². The fraction of sp³-hybridized carbons (Fsp3) is 0.250. The molecule has 0 saturated heterocycles. The van der Waals surface area contributed by atoms with Crippen molar-refractivity contribution in [2.75, 3.05) is 13.2 Å². The number of aromatic nitrogens is 1. The highest BCUT2D eigenvalue weighted by Crippen LogP contribution is 1.97. The first-order valence-electron chi connectivity index (χ1n) is 5.24. The van der Waals surface area contributed by atoms with E-state index in [-0.39, 0.29) is 12.5 Å². The average molecular weight is 234 g/mol. The summed E-state index contributed by atoms with van der Waals surface area (Å²) in [4.78, 5) is 26.2. The number of rotatable bonds is 5. The maximum atomic E-state index is 11.3. The van der Waals surface area contributed by atoms with E-state index in [0.29, 0.717) is 6.61 Å². The van der Waals surface area contributed by atoms with E-state index in [1.165, 1.54) is 6.08 Å². The van der Waals surface area contributed by atoms with Gasteiger partial charge in [-0.3, -0.25) is 14.6 Å². The van der Waals surface area contributed by atoms with Crippen LogP contribution in [0.2, 0.25) is 0 Å². The molecule has 0 radical (unpaired) electrons. The molecule has 5 heteroatoms. The van der Waals surface area contributed by atoms with E-state index in [1.807, 2.05) is 6.07 Å². The van der Waals surface area contributed by atoms with Crippen molar-refractivity contribution in [1.29, 1.82) is 0 Å². The van der Waals surface area contributed by atoms with Crippen LogP contribution in [0.1, 0.15) is 12.5 Å². The Labute approximate surface area is 99.5 Å². The van der Waals surface area contributed by atoms with Gasteiger partial charge in [-0.1, -0.05) is 6.07 Å². The van der Waals surface area contributed by atoms with E-state index in [9.17, 15) is 9.59 Å². The monoisotopic (exact) mass is 234 g/mol. The molecule has 0 aliphatic heterocycles. The molecule has 0 spiro atoms. The lowest BCUT2D eigenvalue weighted by atomic mass is 10.2. The van der Waals surface area contributed by atoms with Crippen molar-refractivity contribution >= 4 is 18.0 Å². The van der Waals surface area contributed by atoms with Gasteiger partial charge in [0.15, 0.2) is 0 Å². The summed E-state index contributed by atoms with van der Waals surface area (Å²) < 4.78 is 4.67. The van der Waals surface area contributed by atoms with Crippen molar-refractivity contribution in [3.63, 3.8) is 0 Å². The summed E-state index contributed by atoms with van der Waals surface area (Å²) in [6.45, 7) is 1.90. The van der Waals surface area contributed by atoms with Crippen molar-refractivity contribution < 1.29 is 14.3 Å². The number of nitrogens with one attached hydrogen (secondary N) is 1. The number of amides is 1. The van der Waals surface area contributed by atoms with Crippen LogP contribution in [-0.2, 0) is 14.3 Å². The molecule has 0 aromatic carbocycles. The molecule has 1 amide bonds. The van der Waals surface area contributed by atoms with Gasteiger partial charge in [-0.2, -0.15) is 0 Å². The smallest absolute Gasteiger partial charge is 0.325 e. The van der Waals surface area contributed by atoms with Crippen LogP contribution in [0.25, 0.3) is 6.08 Å². The first kappa shape index (κ1) is 12.9. The van der Waals surface area contributed by atoms with Crippen LogP contribution in [-0.4, -0.2) is 30.0 Å². The Hall–Kier alpha value is -2.17. The molecule has 1 N–H and O–H groups in total. The Morgan fingerprint density at radius 1 is 1.53 bits per heavy atom. The molecule has 0 bridgehead atoms. The fourth-order valence-electron chi connectivity index (χ4n) is 1.08. The van der Waals surface area contributed by atoms with E-state index in [4.69, 9.17) is 0 Å². The first-order chi connectivity index (χ1) is 8.22. The zero-order chi connectivity index (χ0) is 12.5. The largest absolute Gasteiger partial charge is 0.465 e. The first-order valence-corrected chi connectivity index (χ1v) is 5.24. The molecule has 0 saturated carbocycles. The number of nitrogens with zero attached hydrogens (tertiary/aromatic N) is 1. The Balaban J connectivity index is 2.35. The van der Waals surface area contributed by atoms with Gasteiger partial charge >= 0.3 is 5.97 Å². The summed E-state index contributed by atoms with van der Waals surface area (Å²) in [5, 5.41) is 2.42. The number of esters is 1. The minimum absolute atomic E-state index is 0.121. The molecule has 5 nitrogen and oxygen atoms in total. The van der Waals surface area contributed by atoms with E-state index in [2.05, 4.69) is 15.0 Å². The molecule has 0 atom stereocenters. The summed E-state index contributed by atoms with van der Waals surface area (Å²) in [6.07, 6.45) is 6.25. The Bertz CT molecular complexity index is 401. The second kappa shape index (κ2) is 7.16. The third-order valence-electron chi connectivity index (χ3n) is 1.82. The van der Waals surface area contributed by atoms with Crippen molar-refractivity contribution in [2.24, 2.45) is 0 Å². The molecule has 1 aromatic rings. The second-order valence-electron chi connectivity index (χ2n) is 3.14. The Morgan fingerprint density at radius 2 is 2.35 bits per heavy atom. The lowest BCUT2D eigenvalue weighted by Gasteiger charge is -2.01. The lowest BCUT2D eigenvalue weighted by Crippen LogP contribution is -2.29. The molecule has 0 aliphatic carbocycles. The van der Waals surface area contributed by atoms with Crippen LogP contribution in [0.15, 0.2) is 30.6 Å². The summed E-state index contributed by atoms with van der Waals surface area (Å²) in [5.74, 6) is -0.794. The third-order valence-corrected chi connectivity index (χ3v) is 1.82. The summed E-state index contributed by atoms with van der Waals surface area (Å²) in [5.41, 5.74) is 0.818. The predicted octanol–water partition coefficient (Wildman–Crippen LogP) is 0.774. The predicted molar refractivity (Wildman–Crippen MR) is 62.9 cm³/mol. The van der Waals surface area contributed by atoms with Crippen molar-refractivity contribution in [3.8, 4) is 0 Å². The van der Waals surface area contributed by atoms with Gasteiger partial charge in [0, 0.05) is 18.5 Å². The highest BCUT2D eigenvalue weighted by atomic mass is 16.5. The standard InChI is InChI=1S/C12H14N2O3/c1-2-17-12(16)9-14-11(15)6-5-10-4-3-7-13-8-10/h3-8H,2,9H2,1H3,(H,14,15). The Morgan fingerprint density at radius 3 is 3.00 bits per heavy atom. The van der Waals surface area contributed by atoms with Gasteiger partial charge in [-0.15, -0.1) is 0 Å². The van der Waals surface area contributed by atoms with Gasteiger partial charge < -0.3 is 10.1 Å². The highest BCUT2D eigenvalue weighted by Gasteiger charge is 2.02. The summed E-state index contributed by atoms with van der Waals surface area (Å²) >= 11 is 0. The van der Waals surface area contributed by atoms with Gasteiger partial charge in [0.2, 0.25) is 5.91 Å². The van der Waals surface area contributed by atoms with E-state index in [0.717, 1.165) is 5.56 Å².